The number of allylic oxidation sites excluding steroid dienone is 2. The van der Waals surface area contributed by atoms with Gasteiger partial charge in [-0.25, -0.2) is 9.79 Å². The summed E-state index contributed by atoms with van der Waals surface area (Å²) in [5.74, 6) is 0. The fraction of sp³-hybridized carbons (Fsp3) is 0.391. The van der Waals surface area contributed by atoms with Gasteiger partial charge in [-0.3, -0.25) is 0 Å². The van der Waals surface area contributed by atoms with Crippen LogP contribution >= 0.6 is 11.6 Å². The number of aliphatic imine (C=N–C) groups is 1. The van der Waals surface area contributed by atoms with Crippen molar-refractivity contribution < 1.29 is 9.53 Å². The number of nitrogens with one attached hydrogen (secondary N) is 1. The van der Waals surface area contributed by atoms with E-state index in [9.17, 15) is 4.79 Å². The lowest BCUT2D eigenvalue weighted by Gasteiger charge is -2.29. The number of alkyl carbamates (subject to hydrolysis) is 1. The molecule has 1 saturated carbocycles. The Hall–Kier alpha value is -2.53. The van der Waals surface area contributed by atoms with Gasteiger partial charge >= 0.3 is 6.09 Å². The molecule has 1 N–H and O–H groups in total. The lowest BCUT2D eigenvalue weighted by atomic mass is 9.88. The molecule has 1 aromatic carbocycles. The van der Waals surface area contributed by atoms with E-state index in [1.807, 2.05) is 55.4 Å². The van der Waals surface area contributed by atoms with Crippen LogP contribution in [0.1, 0.15) is 37.3 Å². The number of hydrogen-bond donors (Lipinski definition) is 1. The van der Waals surface area contributed by atoms with Gasteiger partial charge in [-0.1, -0.05) is 29.8 Å². The summed E-state index contributed by atoms with van der Waals surface area (Å²) in [4.78, 5) is 18.8. The molecule has 1 aromatic rings. The van der Waals surface area contributed by atoms with E-state index in [0.717, 1.165) is 48.0 Å². The molecule has 6 heteroatoms. The fourth-order valence-corrected chi connectivity index (χ4v) is 3.58. The number of aryl methyl sites for hydroxylation is 1. The third-order valence-electron chi connectivity index (χ3n) is 4.99. The highest BCUT2D eigenvalue weighted by Gasteiger charge is 2.30. The summed E-state index contributed by atoms with van der Waals surface area (Å²) in [5.41, 5.74) is 4.16. The molecule has 5 nitrogen and oxygen atoms in total. The van der Waals surface area contributed by atoms with Crippen LogP contribution in [0, 0.1) is 0 Å². The Morgan fingerprint density at radius 3 is 2.93 bits per heavy atom. The van der Waals surface area contributed by atoms with Crippen LogP contribution in [0.25, 0.3) is 5.57 Å². The molecule has 1 fully saturated rings. The molecular formula is C23H28ClN3O2. The lowest BCUT2D eigenvalue weighted by molar-refractivity contribution is 0.138. The van der Waals surface area contributed by atoms with Gasteiger partial charge in [-0.2, -0.15) is 0 Å². The molecule has 1 atom stereocenters. The summed E-state index contributed by atoms with van der Waals surface area (Å²) >= 11 is 6.34. The highest BCUT2D eigenvalue weighted by molar-refractivity contribution is 6.30. The SMILES string of the molecule is C=CCCc1ccc(Cl)cc1/C(=C\C)[C@@H](NC(=O)OC1CC1)C1=CN=CN(C)C1. The third kappa shape index (κ3) is 5.73. The van der Waals surface area contributed by atoms with Gasteiger partial charge in [0.2, 0.25) is 0 Å². The van der Waals surface area contributed by atoms with Crippen LogP contribution in [0.4, 0.5) is 4.79 Å². The van der Waals surface area contributed by atoms with E-state index in [-0.39, 0.29) is 12.1 Å². The van der Waals surface area contributed by atoms with Crippen molar-refractivity contribution in [3.63, 3.8) is 0 Å². The number of hydrogen-bond acceptors (Lipinski definition) is 4. The van der Waals surface area contributed by atoms with Crippen LogP contribution < -0.4 is 5.32 Å². The maximum Gasteiger partial charge on any atom is 0.408 e. The molecule has 0 aromatic heterocycles. The van der Waals surface area contributed by atoms with Gasteiger partial charge in [-0.15, -0.1) is 6.58 Å². The second kappa shape index (κ2) is 9.79. The van der Waals surface area contributed by atoms with Gasteiger partial charge < -0.3 is 15.0 Å². The topological polar surface area (TPSA) is 53.9 Å². The summed E-state index contributed by atoms with van der Waals surface area (Å²) in [6, 6.07) is 5.56. The molecule has 0 radical (unpaired) electrons. The average molecular weight is 414 g/mol. The Balaban J connectivity index is 1.97. The smallest absolute Gasteiger partial charge is 0.408 e. The lowest BCUT2D eigenvalue weighted by Crippen LogP contribution is -2.41. The summed E-state index contributed by atoms with van der Waals surface area (Å²) < 4.78 is 5.46. The minimum absolute atomic E-state index is 0.0417. The van der Waals surface area contributed by atoms with Gasteiger partial charge in [0.1, 0.15) is 6.10 Å². The molecule has 0 saturated heterocycles. The summed E-state index contributed by atoms with van der Waals surface area (Å²) in [7, 11) is 1.96. The van der Waals surface area contributed by atoms with Crippen molar-refractivity contribution in [1.82, 2.24) is 10.2 Å². The number of nitrogens with zero attached hydrogens (tertiary/aromatic N) is 2. The first-order valence-corrected chi connectivity index (χ1v) is 10.3. The van der Waals surface area contributed by atoms with E-state index in [1.54, 1.807) is 6.34 Å². The summed E-state index contributed by atoms with van der Waals surface area (Å²) in [6.07, 6.45) is 10.8. The van der Waals surface area contributed by atoms with Crippen molar-refractivity contribution in [2.45, 2.75) is 44.8 Å². The van der Waals surface area contributed by atoms with E-state index in [0.29, 0.717) is 11.6 Å². The number of rotatable bonds is 8. The average Bonchev–Trinajstić information content (AvgIpc) is 3.51. The van der Waals surface area contributed by atoms with Gasteiger partial charge in [0, 0.05) is 24.8 Å². The van der Waals surface area contributed by atoms with Crippen molar-refractivity contribution >= 4 is 29.6 Å². The predicted octanol–water partition coefficient (Wildman–Crippen LogP) is 4.98. The summed E-state index contributed by atoms with van der Waals surface area (Å²) in [6.45, 7) is 6.47. The van der Waals surface area contributed by atoms with Crippen molar-refractivity contribution in [2.75, 3.05) is 13.6 Å². The van der Waals surface area contributed by atoms with Crippen molar-refractivity contribution in [3.05, 3.63) is 64.9 Å². The highest BCUT2D eigenvalue weighted by Crippen LogP contribution is 2.31. The predicted molar refractivity (Wildman–Crippen MR) is 119 cm³/mol. The van der Waals surface area contributed by atoms with E-state index in [2.05, 4.69) is 16.9 Å². The Morgan fingerprint density at radius 2 is 2.28 bits per heavy atom. The zero-order chi connectivity index (χ0) is 20.8. The van der Waals surface area contributed by atoms with Gasteiger partial charge in [0.05, 0.1) is 12.4 Å². The molecule has 0 spiro atoms. The number of benzene rings is 1. The zero-order valence-electron chi connectivity index (χ0n) is 17.0. The molecule has 0 bridgehead atoms. The number of likely N-dealkylation sites (N-methyl/N-ethyl adjacent to an activating group) is 1. The molecule has 1 amide bonds. The fourth-order valence-electron chi connectivity index (χ4n) is 3.41. The summed E-state index contributed by atoms with van der Waals surface area (Å²) in [5, 5.41) is 3.73. The van der Waals surface area contributed by atoms with E-state index >= 15 is 0 Å². The Morgan fingerprint density at radius 1 is 1.48 bits per heavy atom. The van der Waals surface area contributed by atoms with E-state index < -0.39 is 6.09 Å². The van der Waals surface area contributed by atoms with Gasteiger partial charge in [-0.05, 0) is 67.0 Å². The minimum atomic E-state index is -0.398. The number of ether oxygens (including phenoxy) is 1. The van der Waals surface area contributed by atoms with Crippen LogP contribution in [0.5, 0.6) is 0 Å². The van der Waals surface area contributed by atoms with Crippen LogP contribution in [0.15, 0.2) is 53.7 Å². The van der Waals surface area contributed by atoms with E-state index in [1.165, 1.54) is 0 Å². The molecule has 3 rings (SSSR count). The van der Waals surface area contributed by atoms with Crippen molar-refractivity contribution in [2.24, 2.45) is 4.99 Å². The van der Waals surface area contributed by atoms with Gasteiger partial charge in [0.25, 0.3) is 0 Å². The minimum Gasteiger partial charge on any atom is -0.446 e. The Labute approximate surface area is 177 Å². The highest BCUT2D eigenvalue weighted by atomic mass is 35.5. The Bertz CT molecular complexity index is 856. The number of carbonyl (C=O) groups excluding carboxylic acids is 1. The maximum atomic E-state index is 12.5. The molecule has 29 heavy (non-hydrogen) atoms. The monoisotopic (exact) mass is 413 g/mol. The first kappa shape index (κ1) is 21.2. The van der Waals surface area contributed by atoms with Crippen molar-refractivity contribution in [1.29, 1.82) is 0 Å². The first-order valence-electron chi connectivity index (χ1n) is 9.97. The maximum absolute atomic E-state index is 12.5. The van der Waals surface area contributed by atoms with Crippen LogP contribution in [-0.4, -0.2) is 43.1 Å². The molecule has 2 aliphatic rings. The van der Waals surface area contributed by atoms with Crippen LogP contribution in [-0.2, 0) is 11.2 Å². The molecular weight excluding hydrogens is 386 g/mol. The number of carbonyl (C=O) groups is 1. The molecule has 1 aliphatic carbocycles. The quantitative estimate of drug-likeness (QED) is 0.611. The molecule has 1 aliphatic heterocycles. The Kier molecular flexibility index (Phi) is 7.15. The van der Waals surface area contributed by atoms with Gasteiger partial charge in [0.15, 0.2) is 0 Å². The number of halogens is 1. The third-order valence-corrected chi connectivity index (χ3v) is 5.23. The second-order valence-corrected chi connectivity index (χ2v) is 7.87. The molecule has 1 heterocycles. The standard InChI is InChI=1S/C23H28ClN3O2/c1-4-6-7-16-8-9-18(24)12-21(16)20(5-2)22(17-13-25-15-27(3)14-17)26-23(28)29-19-10-11-19/h4-5,8-9,12-13,15,19,22H,1,6-7,10-11,14H2,2-3H3,(H,26,28)/b20-5+/t22-/m0/s1. The van der Waals surface area contributed by atoms with Crippen molar-refractivity contribution in [3.8, 4) is 0 Å². The zero-order valence-corrected chi connectivity index (χ0v) is 17.8. The largest absolute Gasteiger partial charge is 0.446 e. The van der Waals surface area contributed by atoms with Crippen LogP contribution in [0.2, 0.25) is 5.02 Å². The second-order valence-electron chi connectivity index (χ2n) is 7.44. The molecule has 154 valence electrons. The van der Waals surface area contributed by atoms with E-state index in [4.69, 9.17) is 16.3 Å². The first-order chi connectivity index (χ1) is 14.0. The van der Waals surface area contributed by atoms with Crippen LogP contribution in [0.3, 0.4) is 0 Å². The number of amides is 1. The normalized spacial score (nSPS) is 17.6. The molecule has 0 unspecified atom stereocenters.